The second-order valence-corrected chi connectivity index (χ2v) is 22.2. The summed E-state index contributed by atoms with van der Waals surface area (Å²) in [6.45, 7) is 6.18. The molecule has 0 aliphatic carbocycles. The third kappa shape index (κ3) is 9.02. The first-order valence-corrected chi connectivity index (χ1v) is 29.7. The molecular weight excluding hydrogens is 1070 g/mol. The third-order valence-corrected chi connectivity index (χ3v) is 17.0. The molecule has 88 heavy (non-hydrogen) atoms. The lowest BCUT2D eigenvalue weighted by atomic mass is 9.90. The van der Waals surface area contributed by atoms with Crippen molar-refractivity contribution in [1.29, 1.82) is 0 Å². The van der Waals surface area contributed by atoms with Gasteiger partial charge in [-0.1, -0.05) is 231 Å². The maximum Gasteiger partial charge on any atom is 0.164 e. The first-order valence-electron chi connectivity index (χ1n) is 29.7. The third-order valence-electron chi connectivity index (χ3n) is 17.0. The Morgan fingerprint density at radius 3 is 1.23 bits per heavy atom. The van der Waals surface area contributed by atoms with Crippen LogP contribution in [-0.2, 0) is 0 Å². The predicted octanol–water partition coefficient (Wildman–Crippen LogP) is 22.2. The fourth-order valence-electron chi connectivity index (χ4n) is 12.9. The number of aromatic nitrogens is 4. The van der Waals surface area contributed by atoms with E-state index in [1.54, 1.807) is 0 Å². The molecule has 0 radical (unpaired) electrons. The summed E-state index contributed by atoms with van der Waals surface area (Å²) < 4.78 is 15.6. The number of benzene rings is 12. The van der Waals surface area contributed by atoms with E-state index in [9.17, 15) is 0 Å². The normalized spacial score (nSPS) is 12.0. The van der Waals surface area contributed by atoms with Gasteiger partial charge in [0, 0.05) is 60.1 Å². The van der Waals surface area contributed by atoms with E-state index in [4.69, 9.17) is 23.8 Å². The molecule has 0 bridgehead atoms. The summed E-state index contributed by atoms with van der Waals surface area (Å²) in [7, 11) is 0. The van der Waals surface area contributed by atoms with E-state index in [-0.39, 0.29) is 0 Å². The van der Waals surface area contributed by atoms with Crippen LogP contribution in [0.1, 0.15) is 12.5 Å². The molecule has 0 fully saturated rings. The summed E-state index contributed by atoms with van der Waals surface area (Å²) >= 11 is 0. The smallest absolute Gasteiger partial charge is 0.164 e. The van der Waals surface area contributed by atoms with E-state index < -0.39 is 0 Å². The van der Waals surface area contributed by atoms with E-state index in [1.807, 2.05) is 48.6 Å². The molecule has 16 aromatic rings. The van der Waals surface area contributed by atoms with Gasteiger partial charge in [-0.15, -0.1) is 0 Å². The van der Waals surface area contributed by atoms with E-state index in [0.29, 0.717) is 17.5 Å². The summed E-state index contributed by atoms with van der Waals surface area (Å²) in [6.07, 6.45) is 8.19. The van der Waals surface area contributed by atoms with Crippen LogP contribution < -0.4 is 0 Å². The first-order chi connectivity index (χ1) is 43.5. The van der Waals surface area contributed by atoms with Gasteiger partial charge in [-0.05, 0) is 135 Å². The quantitative estimate of drug-likeness (QED) is 0.114. The van der Waals surface area contributed by atoms with Crippen LogP contribution in [-0.4, -0.2) is 19.5 Å². The van der Waals surface area contributed by atoms with Crippen molar-refractivity contribution in [3.63, 3.8) is 0 Å². The van der Waals surface area contributed by atoms with E-state index in [0.717, 1.165) is 155 Å². The van der Waals surface area contributed by atoms with E-state index in [2.05, 4.69) is 267 Å². The van der Waals surface area contributed by atoms with Crippen LogP contribution in [0.15, 0.2) is 313 Å². The van der Waals surface area contributed by atoms with Crippen LogP contribution in [0.4, 0.5) is 0 Å². The van der Waals surface area contributed by atoms with Crippen molar-refractivity contribution >= 4 is 71.3 Å². The highest BCUT2D eigenvalue weighted by Crippen LogP contribution is 2.50. The van der Waals surface area contributed by atoms with Gasteiger partial charge in [0.25, 0.3) is 0 Å². The Kier molecular flexibility index (Phi) is 12.8. The average molecular weight is 1130 g/mol. The van der Waals surface area contributed by atoms with Crippen LogP contribution in [0.2, 0.25) is 0 Å². The number of para-hydroxylation sites is 2. The number of nitrogens with zero attached hydrogens (tertiary/aromatic N) is 4. The summed E-state index contributed by atoms with van der Waals surface area (Å²) in [4.78, 5) is 16.3. The number of fused-ring (bicyclic) bond motifs is 9. The fourth-order valence-corrected chi connectivity index (χ4v) is 12.9. The highest BCUT2D eigenvalue weighted by molar-refractivity contribution is 6.23. The Morgan fingerprint density at radius 1 is 0.352 bits per heavy atom. The molecule has 0 spiro atoms. The highest BCUT2D eigenvalue weighted by atomic mass is 16.3. The standard InChI is InChI=1S/C82H54N4O2/c1-3-5-25-52(4-2)60-44-67(54-28-13-7-14-29-54)77-71(48-60)86(72-49-61(53-26-11-6-12-27-53)45-68(78(72)77)55-30-15-8-16-31-55)79-69(56-32-17-9-18-33-56)46-62(47-70(79)57-34-19-10-20-35-57)82-84-80(58-40-42-65-63-36-21-23-38-73(63)87-75(65)50-58)83-81(85-82)59-41-43-66-64-37-22-24-39-74(64)88-76(66)51-59/h3-51H,1H2,2H3/b25-5-,52-4+. The second-order valence-electron chi connectivity index (χ2n) is 22.2. The van der Waals surface area contributed by atoms with Gasteiger partial charge >= 0.3 is 0 Å². The molecule has 414 valence electrons. The van der Waals surface area contributed by atoms with Crippen molar-refractivity contribution in [2.45, 2.75) is 6.92 Å². The zero-order chi connectivity index (χ0) is 58.7. The zero-order valence-corrected chi connectivity index (χ0v) is 48.1. The minimum absolute atomic E-state index is 0.509. The van der Waals surface area contributed by atoms with Crippen molar-refractivity contribution in [3.05, 3.63) is 309 Å². The highest BCUT2D eigenvalue weighted by Gasteiger charge is 2.28. The molecule has 6 nitrogen and oxygen atoms in total. The van der Waals surface area contributed by atoms with Gasteiger partial charge in [-0.2, -0.15) is 0 Å². The number of rotatable bonds is 12. The number of furan rings is 2. The monoisotopic (exact) mass is 1130 g/mol. The maximum absolute atomic E-state index is 6.51. The van der Waals surface area contributed by atoms with Crippen molar-refractivity contribution < 1.29 is 8.83 Å². The summed E-state index contributed by atoms with van der Waals surface area (Å²) in [5.41, 5.74) is 21.6. The molecule has 0 aliphatic rings. The Hall–Kier alpha value is -11.7. The van der Waals surface area contributed by atoms with Gasteiger partial charge in [0.2, 0.25) is 0 Å². The molecule has 0 atom stereocenters. The summed E-state index contributed by atoms with van der Waals surface area (Å²) in [5, 5.41) is 6.44. The van der Waals surface area contributed by atoms with Gasteiger partial charge in [0.05, 0.1) is 16.7 Å². The molecule has 0 amide bonds. The molecular formula is C82H54N4O2. The topological polar surface area (TPSA) is 69.9 Å². The predicted molar refractivity (Wildman–Crippen MR) is 365 cm³/mol. The van der Waals surface area contributed by atoms with E-state index >= 15 is 0 Å². The molecule has 4 heterocycles. The fraction of sp³-hybridized carbons (Fsp3) is 0.0122. The van der Waals surface area contributed by atoms with Crippen molar-refractivity contribution in [1.82, 2.24) is 19.5 Å². The molecule has 4 aromatic heterocycles. The van der Waals surface area contributed by atoms with Crippen LogP contribution in [0.25, 0.3) is 167 Å². The number of allylic oxidation sites excluding steroid dienone is 5. The van der Waals surface area contributed by atoms with Gasteiger partial charge in [0.15, 0.2) is 17.5 Å². The zero-order valence-electron chi connectivity index (χ0n) is 48.1. The van der Waals surface area contributed by atoms with Crippen LogP contribution in [0.3, 0.4) is 0 Å². The Morgan fingerprint density at radius 2 is 0.750 bits per heavy atom. The molecule has 12 aromatic carbocycles. The molecule has 0 unspecified atom stereocenters. The molecule has 6 heteroatoms. The number of hydrogen-bond donors (Lipinski definition) is 0. The molecule has 0 aliphatic heterocycles. The van der Waals surface area contributed by atoms with Gasteiger partial charge < -0.3 is 13.4 Å². The van der Waals surface area contributed by atoms with Gasteiger partial charge in [0.1, 0.15) is 22.3 Å². The summed E-state index contributed by atoms with van der Waals surface area (Å²) in [5.74, 6) is 1.53. The van der Waals surface area contributed by atoms with Crippen LogP contribution in [0, 0.1) is 0 Å². The largest absolute Gasteiger partial charge is 0.456 e. The lowest BCUT2D eigenvalue weighted by Gasteiger charge is -2.22. The van der Waals surface area contributed by atoms with E-state index in [1.165, 1.54) is 0 Å². The molecule has 0 saturated carbocycles. The van der Waals surface area contributed by atoms with Gasteiger partial charge in [-0.3, -0.25) is 0 Å². The minimum Gasteiger partial charge on any atom is -0.456 e. The Balaban J connectivity index is 1.04. The lowest BCUT2D eigenvalue weighted by Crippen LogP contribution is -2.04. The van der Waals surface area contributed by atoms with Crippen molar-refractivity contribution in [2.75, 3.05) is 0 Å². The minimum atomic E-state index is 0.509. The first kappa shape index (κ1) is 51.9. The Labute approximate surface area is 508 Å². The summed E-state index contributed by atoms with van der Waals surface area (Å²) in [6, 6.07) is 96.9. The molecule has 16 rings (SSSR count). The second kappa shape index (κ2) is 21.7. The average Bonchev–Trinajstić information content (AvgIpc) is 1.70. The van der Waals surface area contributed by atoms with Crippen LogP contribution >= 0.6 is 0 Å². The lowest BCUT2D eigenvalue weighted by molar-refractivity contribution is 0.668. The van der Waals surface area contributed by atoms with Crippen molar-refractivity contribution in [2.24, 2.45) is 0 Å². The van der Waals surface area contributed by atoms with Crippen LogP contribution in [0.5, 0.6) is 0 Å². The SMILES string of the molecule is C=C/C=C\C(=C/C)c1cc(-c2ccccc2)c2c3c(-c4ccccc4)cc(-c4ccccc4)cc3n(-c3c(-c4ccccc4)cc(-c4nc(-c5ccc6c(c5)oc5ccccc56)nc(-c5ccc6c(c5)oc5ccccc56)n4)cc3-c3ccccc3)c2c1. The maximum atomic E-state index is 6.51. The van der Waals surface area contributed by atoms with Gasteiger partial charge in [-0.25, -0.2) is 15.0 Å². The van der Waals surface area contributed by atoms with Crippen molar-refractivity contribution in [3.8, 4) is 95.5 Å². The Bertz CT molecular complexity index is 5250. The number of hydrogen-bond acceptors (Lipinski definition) is 5. The molecule has 0 saturated heterocycles. The molecule has 0 N–H and O–H groups in total.